The number of hydrogen-bond acceptors (Lipinski definition) is 2. The first-order chi connectivity index (χ1) is 9.20. The molecule has 1 aromatic carbocycles. The minimum atomic E-state index is 0.136. The van der Waals surface area contributed by atoms with Crippen molar-refractivity contribution in [2.75, 3.05) is 13.2 Å². The zero-order valence-corrected chi connectivity index (χ0v) is 12.6. The standard InChI is InChI=1S/C15H19Cl2NO/c1-2-5-18-15(11-4-3-6-19-10-11)12-7-13(16)9-14(17)8-12/h7-10,15,18H,2-6H2,1H3. The molecule has 104 valence electrons. The van der Waals surface area contributed by atoms with Crippen LogP contribution in [0.1, 0.15) is 37.8 Å². The second-order valence-electron chi connectivity index (χ2n) is 4.76. The van der Waals surface area contributed by atoms with Crippen LogP contribution in [0.15, 0.2) is 30.0 Å². The third-order valence-corrected chi connectivity index (χ3v) is 3.59. The van der Waals surface area contributed by atoms with Crippen LogP contribution in [0.3, 0.4) is 0 Å². The Morgan fingerprint density at radius 1 is 1.26 bits per heavy atom. The zero-order chi connectivity index (χ0) is 13.7. The summed E-state index contributed by atoms with van der Waals surface area (Å²) in [6, 6.07) is 5.83. The van der Waals surface area contributed by atoms with E-state index in [2.05, 4.69) is 12.2 Å². The minimum Gasteiger partial charge on any atom is -0.501 e. The van der Waals surface area contributed by atoms with E-state index in [1.54, 1.807) is 6.07 Å². The topological polar surface area (TPSA) is 21.3 Å². The van der Waals surface area contributed by atoms with Gasteiger partial charge in [0.25, 0.3) is 0 Å². The van der Waals surface area contributed by atoms with Crippen molar-refractivity contribution in [2.24, 2.45) is 0 Å². The highest BCUT2D eigenvalue weighted by Crippen LogP contribution is 2.31. The minimum absolute atomic E-state index is 0.136. The average Bonchev–Trinajstić information content (AvgIpc) is 2.39. The Balaban J connectivity index is 2.27. The Morgan fingerprint density at radius 3 is 2.58 bits per heavy atom. The van der Waals surface area contributed by atoms with E-state index in [1.165, 1.54) is 5.57 Å². The highest BCUT2D eigenvalue weighted by atomic mass is 35.5. The molecule has 0 radical (unpaired) electrons. The third-order valence-electron chi connectivity index (χ3n) is 3.15. The average molecular weight is 300 g/mol. The van der Waals surface area contributed by atoms with Gasteiger partial charge < -0.3 is 10.1 Å². The molecule has 1 unspecified atom stereocenters. The smallest absolute Gasteiger partial charge is 0.0876 e. The molecule has 2 nitrogen and oxygen atoms in total. The van der Waals surface area contributed by atoms with Crippen molar-refractivity contribution in [3.63, 3.8) is 0 Å². The van der Waals surface area contributed by atoms with Crippen molar-refractivity contribution in [1.29, 1.82) is 0 Å². The van der Waals surface area contributed by atoms with E-state index in [-0.39, 0.29) is 6.04 Å². The molecule has 1 aliphatic heterocycles. The Hall–Kier alpha value is -0.700. The van der Waals surface area contributed by atoms with Gasteiger partial charge in [0.15, 0.2) is 0 Å². The summed E-state index contributed by atoms with van der Waals surface area (Å²) in [5.74, 6) is 0. The number of rotatable bonds is 5. The van der Waals surface area contributed by atoms with Crippen molar-refractivity contribution in [1.82, 2.24) is 5.32 Å². The van der Waals surface area contributed by atoms with E-state index in [4.69, 9.17) is 27.9 Å². The first kappa shape index (κ1) is 14.7. The maximum Gasteiger partial charge on any atom is 0.0876 e. The molecule has 0 saturated carbocycles. The summed E-state index contributed by atoms with van der Waals surface area (Å²) >= 11 is 12.2. The predicted octanol–water partition coefficient (Wildman–Crippen LogP) is 4.73. The molecule has 1 heterocycles. The Labute approximate surface area is 124 Å². The molecule has 0 spiro atoms. The normalized spacial score (nSPS) is 16.7. The molecule has 1 atom stereocenters. The van der Waals surface area contributed by atoms with Crippen LogP contribution in [0, 0.1) is 0 Å². The molecule has 4 heteroatoms. The second kappa shape index (κ2) is 7.18. The van der Waals surface area contributed by atoms with Crippen LogP contribution in [-0.2, 0) is 4.74 Å². The number of nitrogens with one attached hydrogen (secondary N) is 1. The van der Waals surface area contributed by atoms with Crippen LogP contribution in [0.2, 0.25) is 10.0 Å². The van der Waals surface area contributed by atoms with Gasteiger partial charge >= 0.3 is 0 Å². The molecule has 0 bridgehead atoms. The van der Waals surface area contributed by atoms with Crippen LogP contribution in [0.5, 0.6) is 0 Å². The summed E-state index contributed by atoms with van der Waals surface area (Å²) in [5.41, 5.74) is 2.36. The lowest BCUT2D eigenvalue weighted by atomic mass is 9.95. The zero-order valence-electron chi connectivity index (χ0n) is 11.1. The van der Waals surface area contributed by atoms with Crippen molar-refractivity contribution < 1.29 is 4.74 Å². The maximum absolute atomic E-state index is 6.10. The van der Waals surface area contributed by atoms with Gasteiger partial charge in [-0.05, 0) is 55.1 Å². The van der Waals surface area contributed by atoms with Crippen LogP contribution in [-0.4, -0.2) is 13.2 Å². The molecule has 1 aromatic rings. The molecule has 0 aliphatic carbocycles. The number of halogens is 2. The van der Waals surface area contributed by atoms with E-state index < -0.39 is 0 Å². The van der Waals surface area contributed by atoms with E-state index >= 15 is 0 Å². The van der Waals surface area contributed by atoms with Crippen LogP contribution >= 0.6 is 23.2 Å². The second-order valence-corrected chi connectivity index (χ2v) is 5.63. The quantitative estimate of drug-likeness (QED) is 0.849. The molecule has 0 saturated heterocycles. The van der Waals surface area contributed by atoms with Crippen molar-refractivity contribution in [3.8, 4) is 0 Å². The van der Waals surface area contributed by atoms with Gasteiger partial charge in [-0.3, -0.25) is 0 Å². The molecular weight excluding hydrogens is 281 g/mol. The largest absolute Gasteiger partial charge is 0.501 e. The van der Waals surface area contributed by atoms with Gasteiger partial charge in [-0.15, -0.1) is 0 Å². The summed E-state index contributed by atoms with van der Waals surface area (Å²) in [6.45, 7) is 3.91. The SMILES string of the molecule is CCCNC(C1=COCCC1)c1cc(Cl)cc(Cl)c1. The number of benzene rings is 1. The molecule has 1 N–H and O–H groups in total. The lowest BCUT2D eigenvalue weighted by Crippen LogP contribution is -2.25. The number of hydrogen-bond donors (Lipinski definition) is 1. The van der Waals surface area contributed by atoms with Gasteiger partial charge in [-0.2, -0.15) is 0 Å². The fourth-order valence-corrected chi connectivity index (χ4v) is 2.83. The molecule has 0 aromatic heterocycles. The van der Waals surface area contributed by atoms with E-state index in [1.807, 2.05) is 18.4 Å². The summed E-state index contributed by atoms with van der Waals surface area (Å²) in [4.78, 5) is 0. The van der Waals surface area contributed by atoms with Gasteiger partial charge in [-0.25, -0.2) is 0 Å². The molecule has 0 amide bonds. The molecule has 1 aliphatic rings. The first-order valence-electron chi connectivity index (χ1n) is 6.70. The van der Waals surface area contributed by atoms with Gasteiger partial charge in [0.1, 0.15) is 0 Å². The van der Waals surface area contributed by atoms with Crippen molar-refractivity contribution in [2.45, 2.75) is 32.2 Å². The van der Waals surface area contributed by atoms with Gasteiger partial charge in [-0.1, -0.05) is 30.1 Å². The Kier molecular flexibility index (Phi) is 5.56. The van der Waals surface area contributed by atoms with E-state index in [0.717, 1.165) is 38.0 Å². The van der Waals surface area contributed by atoms with Crippen LogP contribution in [0.25, 0.3) is 0 Å². The van der Waals surface area contributed by atoms with E-state index in [0.29, 0.717) is 10.0 Å². The van der Waals surface area contributed by atoms with Gasteiger partial charge in [0.2, 0.25) is 0 Å². The van der Waals surface area contributed by atoms with Crippen LogP contribution < -0.4 is 5.32 Å². The lowest BCUT2D eigenvalue weighted by Gasteiger charge is -2.25. The Bertz CT molecular complexity index is 439. The summed E-state index contributed by atoms with van der Waals surface area (Å²) in [5, 5.41) is 4.88. The highest BCUT2D eigenvalue weighted by Gasteiger charge is 2.19. The Morgan fingerprint density at radius 2 is 2.00 bits per heavy atom. The summed E-state index contributed by atoms with van der Waals surface area (Å²) < 4.78 is 5.46. The molecule has 19 heavy (non-hydrogen) atoms. The molecule has 2 rings (SSSR count). The monoisotopic (exact) mass is 299 g/mol. The van der Waals surface area contributed by atoms with Gasteiger partial charge in [0, 0.05) is 10.0 Å². The maximum atomic E-state index is 6.10. The third kappa shape index (κ3) is 4.13. The van der Waals surface area contributed by atoms with Crippen molar-refractivity contribution in [3.05, 3.63) is 45.6 Å². The number of ether oxygens (including phenoxy) is 1. The summed E-state index contributed by atoms with van der Waals surface area (Å²) in [7, 11) is 0. The lowest BCUT2D eigenvalue weighted by molar-refractivity contribution is 0.219. The highest BCUT2D eigenvalue weighted by molar-refractivity contribution is 6.34. The molecular formula is C15H19Cl2NO. The summed E-state index contributed by atoms with van der Waals surface area (Å²) in [6.07, 6.45) is 5.07. The van der Waals surface area contributed by atoms with Crippen LogP contribution in [0.4, 0.5) is 0 Å². The fourth-order valence-electron chi connectivity index (χ4n) is 2.29. The molecule has 0 fully saturated rings. The first-order valence-corrected chi connectivity index (χ1v) is 7.46. The fraction of sp³-hybridized carbons (Fsp3) is 0.467. The van der Waals surface area contributed by atoms with E-state index in [9.17, 15) is 0 Å². The predicted molar refractivity (Wildman–Crippen MR) is 80.8 cm³/mol. The van der Waals surface area contributed by atoms with Crippen molar-refractivity contribution >= 4 is 23.2 Å². The van der Waals surface area contributed by atoms with Gasteiger partial charge in [0.05, 0.1) is 18.9 Å².